The number of hydrogen-bond donors (Lipinski definition) is 1. The number of aryl methyl sites for hydroxylation is 1. The van der Waals surface area contributed by atoms with Crippen LogP contribution in [-0.4, -0.2) is 23.1 Å². The highest BCUT2D eigenvalue weighted by molar-refractivity contribution is 7.13. The lowest BCUT2D eigenvalue weighted by Gasteiger charge is -2.22. The topological polar surface area (TPSA) is 37.8 Å². The van der Waals surface area contributed by atoms with E-state index < -0.39 is 0 Å². The summed E-state index contributed by atoms with van der Waals surface area (Å²) in [5, 5.41) is 6.55. The molecule has 19 heavy (non-hydrogen) atoms. The molecule has 0 radical (unpaired) electrons. The van der Waals surface area contributed by atoms with Crippen molar-refractivity contribution < 1.29 is 0 Å². The second kappa shape index (κ2) is 5.80. The lowest BCUT2D eigenvalue weighted by atomic mass is 9.93. The van der Waals surface area contributed by atoms with E-state index in [1.807, 2.05) is 13.1 Å². The third-order valence-corrected chi connectivity index (χ3v) is 4.57. The van der Waals surface area contributed by atoms with Crippen LogP contribution in [0.2, 0.25) is 0 Å². The van der Waals surface area contributed by atoms with Gasteiger partial charge in [-0.15, -0.1) is 11.3 Å². The van der Waals surface area contributed by atoms with Crippen LogP contribution in [0.1, 0.15) is 24.1 Å². The molecule has 0 amide bonds. The average Bonchev–Trinajstić information content (AvgIpc) is 2.87. The maximum Gasteiger partial charge on any atom is 0.142 e. The Morgan fingerprint density at radius 3 is 3.00 bits per heavy atom. The monoisotopic (exact) mass is 273 g/mol. The van der Waals surface area contributed by atoms with E-state index in [0.717, 1.165) is 35.3 Å². The molecule has 3 nitrogen and oxygen atoms in total. The molecular weight excluding hydrogens is 254 g/mol. The first-order valence-electron chi connectivity index (χ1n) is 6.89. The number of rotatable bonds is 3. The van der Waals surface area contributed by atoms with Gasteiger partial charge in [0.2, 0.25) is 0 Å². The molecule has 3 heterocycles. The smallest absolute Gasteiger partial charge is 0.142 e. The molecule has 3 rings (SSSR count). The van der Waals surface area contributed by atoms with Gasteiger partial charge in [-0.2, -0.15) is 0 Å². The second-order valence-corrected chi connectivity index (χ2v) is 6.12. The summed E-state index contributed by atoms with van der Waals surface area (Å²) in [4.78, 5) is 9.03. The maximum atomic E-state index is 4.56. The molecule has 100 valence electrons. The SMILES string of the molecule is Cc1csc(-c2ccc(CC3CCCNC3)cn2)n1. The highest BCUT2D eigenvalue weighted by Crippen LogP contribution is 2.22. The van der Waals surface area contributed by atoms with Gasteiger partial charge in [0.15, 0.2) is 0 Å². The van der Waals surface area contributed by atoms with Crippen molar-refractivity contribution in [1.29, 1.82) is 0 Å². The number of nitrogens with zero attached hydrogens (tertiary/aromatic N) is 2. The van der Waals surface area contributed by atoms with Gasteiger partial charge in [-0.1, -0.05) is 6.07 Å². The van der Waals surface area contributed by atoms with E-state index in [1.165, 1.54) is 24.9 Å². The minimum Gasteiger partial charge on any atom is -0.316 e. The zero-order valence-electron chi connectivity index (χ0n) is 11.2. The van der Waals surface area contributed by atoms with Crippen molar-refractivity contribution in [2.24, 2.45) is 5.92 Å². The van der Waals surface area contributed by atoms with Gasteiger partial charge in [0.05, 0.1) is 5.69 Å². The standard InChI is InChI=1S/C15H19N3S/c1-11-10-19-15(18-11)14-5-4-13(9-17-14)7-12-3-2-6-16-8-12/h4-5,9-10,12,16H,2-3,6-8H2,1H3. The van der Waals surface area contributed by atoms with E-state index in [0.29, 0.717) is 0 Å². The fourth-order valence-corrected chi connectivity index (χ4v) is 3.35. The zero-order chi connectivity index (χ0) is 13.1. The predicted octanol–water partition coefficient (Wildman–Crippen LogP) is 3.06. The number of piperidine rings is 1. The third kappa shape index (κ3) is 3.19. The van der Waals surface area contributed by atoms with Gasteiger partial charge in [0.1, 0.15) is 5.01 Å². The van der Waals surface area contributed by atoms with Crippen LogP contribution in [0.15, 0.2) is 23.7 Å². The average molecular weight is 273 g/mol. The van der Waals surface area contributed by atoms with Crippen LogP contribution in [0.5, 0.6) is 0 Å². The minimum atomic E-state index is 0.767. The fourth-order valence-electron chi connectivity index (χ4n) is 2.57. The van der Waals surface area contributed by atoms with Gasteiger partial charge in [-0.05, 0) is 56.8 Å². The highest BCUT2D eigenvalue weighted by Gasteiger charge is 2.13. The van der Waals surface area contributed by atoms with Crippen molar-refractivity contribution in [3.05, 3.63) is 35.0 Å². The molecule has 0 saturated carbocycles. The maximum absolute atomic E-state index is 4.56. The molecule has 0 bridgehead atoms. The van der Waals surface area contributed by atoms with Gasteiger partial charge in [-0.3, -0.25) is 4.98 Å². The fraction of sp³-hybridized carbons (Fsp3) is 0.467. The summed E-state index contributed by atoms with van der Waals surface area (Å²) in [6.07, 6.45) is 5.78. The number of pyridine rings is 1. The van der Waals surface area contributed by atoms with Gasteiger partial charge in [0, 0.05) is 17.3 Å². The first-order chi connectivity index (χ1) is 9.31. The van der Waals surface area contributed by atoms with Crippen LogP contribution < -0.4 is 5.32 Å². The summed E-state index contributed by atoms with van der Waals surface area (Å²) in [7, 11) is 0. The zero-order valence-corrected chi connectivity index (χ0v) is 12.0. The van der Waals surface area contributed by atoms with Crippen molar-refractivity contribution in [2.45, 2.75) is 26.2 Å². The Balaban J connectivity index is 1.68. The van der Waals surface area contributed by atoms with Gasteiger partial charge in [-0.25, -0.2) is 4.98 Å². The molecule has 0 aromatic carbocycles. The first-order valence-corrected chi connectivity index (χ1v) is 7.77. The number of thiazole rings is 1. The van der Waals surface area contributed by atoms with E-state index in [1.54, 1.807) is 11.3 Å². The van der Waals surface area contributed by atoms with Gasteiger partial charge in [0.25, 0.3) is 0 Å². The van der Waals surface area contributed by atoms with Gasteiger partial charge < -0.3 is 5.32 Å². The molecule has 1 fully saturated rings. The molecule has 1 aliphatic heterocycles. The lowest BCUT2D eigenvalue weighted by molar-refractivity contribution is 0.376. The molecule has 1 aliphatic rings. The Kier molecular flexibility index (Phi) is 3.89. The Morgan fingerprint density at radius 1 is 1.42 bits per heavy atom. The summed E-state index contributed by atoms with van der Waals surface area (Å²) in [5.74, 6) is 0.767. The largest absolute Gasteiger partial charge is 0.316 e. The van der Waals surface area contributed by atoms with Gasteiger partial charge >= 0.3 is 0 Å². The first kappa shape index (κ1) is 12.8. The normalized spacial score (nSPS) is 19.5. The van der Waals surface area contributed by atoms with E-state index in [-0.39, 0.29) is 0 Å². The molecule has 0 aliphatic carbocycles. The molecule has 4 heteroatoms. The summed E-state index contributed by atoms with van der Waals surface area (Å²) < 4.78 is 0. The number of hydrogen-bond acceptors (Lipinski definition) is 4. The molecular formula is C15H19N3S. The van der Waals surface area contributed by atoms with Crippen LogP contribution in [0.25, 0.3) is 10.7 Å². The Labute approximate surface area is 118 Å². The van der Waals surface area contributed by atoms with E-state index in [2.05, 4.69) is 32.8 Å². The Hall–Kier alpha value is -1.26. The molecule has 1 atom stereocenters. The summed E-state index contributed by atoms with van der Waals surface area (Å²) >= 11 is 1.66. The summed E-state index contributed by atoms with van der Waals surface area (Å²) in [5.41, 5.74) is 3.40. The number of aromatic nitrogens is 2. The number of nitrogens with one attached hydrogen (secondary N) is 1. The Bertz CT molecular complexity index is 527. The molecule has 2 aromatic heterocycles. The quantitative estimate of drug-likeness (QED) is 0.934. The van der Waals surface area contributed by atoms with E-state index in [9.17, 15) is 0 Å². The molecule has 1 saturated heterocycles. The Morgan fingerprint density at radius 2 is 2.37 bits per heavy atom. The lowest BCUT2D eigenvalue weighted by Crippen LogP contribution is -2.30. The van der Waals surface area contributed by atoms with Crippen molar-refractivity contribution in [1.82, 2.24) is 15.3 Å². The molecule has 1 N–H and O–H groups in total. The van der Waals surface area contributed by atoms with Crippen molar-refractivity contribution in [3.63, 3.8) is 0 Å². The highest BCUT2D eigenvalue weighted by atomic mass is 32.1. The van der Waals surface area contributed by atoms with Crippen molar-refractivity contribution in [2.75, 3.05) is 13.1 Å². The van der Waals surface area contributed by atoms with Crippen LogP contribution in [0.3, 0.4) is 0 Å². The van der Waals surface area contributed by atoms with Crippen LogP contribution in [-0.2, 0) is 6.42 Å². The molecule has 2 aromatic rings. The van der Waals surface area contributed by atoms with Crippen molar-refractivity contribution >= 4 is 11.3 Å². The third-order valence-electron chi connectivity index (χ3n) is 3.59. The minimum absolute atomic E-state index is 0.767. The van der Waals surface area contributed by atoms with Crippen LogP contribution >= 0.6 is 11.3 Å². The summed E-state index contributed by atoms with van der Waals surface area (Å²) in [6.45, 7) is 4.34. The molecule has 0 spiro atoms. The second-order valence-electron chi connectivity index (χ2n) is 5.26. The van der Waals surface area contributed by atoms with Crippen LogP contribution in [0.4, 0.5) is 0 Å². The molecule has 1 unspecified atom stereocenters. The van der Waals surface area contributed by atoms with Crippen LogP contribution in [0, 0.1) is 12.8 Å². The summed E-state index contributed by atoms with van der Waals surface area (Å²) in [6, 6.07) is 4.30. The predicted molar refractivity (Wildman–Crippen MR) is 79.4 cm³/mol. The van der Waals surface area contributed by atoms with Crippen molar-refractivity contribution in [3.8, 4) is 10.7 Å². The van der Waals surface area contributed by atoms with E-state index >= 15 is 0 Å². The van der Waals surface area contributed by atoms with E-state index in [4.69, 9.17) is 0 Å².